The van der Waals surface area contributed by atoms with Crippen molar-refractivity contribution in [2.75, 3.05) is 25.4 Å². The SMILES string of the molecule is CCn1c(=O)c(C(=O)CN2CCCCC2)c(N)n(Cc2ccc(C(F)F)cc2)c1=O.NC=O. The van der Waals surface area contributed by atoms with E-state index in [0.717, 1.165) is 41.5 Å². The van der Waals surface area contributed by atoms with Crippen LogP contribution in [0.25, 0.3) is 0 Å². The molecule has 0 radical (unpaired) electrons. The fraction of sp³-hybridized carbons (Fsp3) is 0.455. The van der Waals surface area contributed by atoms with Gasteiger partial charge >= 0.3 is 5.69 Å². The summed E-state index contributed by atoms with van der Waals surface area (Å²) in [5, 5.41) is 0. The summed E-state index contributed by atoms with van der Waals surface area (Å²) in [7, 11) is 0. The van der Waals surface area contributed by atoms with Crippen LogP contribution in [-0.2, 0) is 17.9 Å². The van der Waals surface area contributed by atoms with Gasteiger partial charge in [-0.25, -0.2) is 13.6 Å². The number of benzene rings is 1. The number of aromatic nitrogens is 2. The molecule has 1 fully saturated rings. The number of Topliss-reactive ketones (excluding diaryl/α,β-unsaturated/α-hetero) is 1. The van der Waals surface area contributed by atoms with E-state index in [0.29, 0.717) is 5.56 Å². The first kappa shape index (κ1) is 25.9. The number of anilines is 1. The molecule has 1 aromatic heterocycles. The van der Waals surface area contributed by atoms with Gasteiger partial charge in [0.05, 0.1) is 13.1 Å². The van der Waals surface area contributed by atoms with E-state index in [1.54, 1.807) is 6.92 Å². The van der Waals surface area contributed by atoms with Gasteiger partial charge < -0.3 is 11.5 Å². The van der Waals surface area contributed by atoms with Crippen LogP contribution in [0.4, 0.5) is 14.6 Å². The number of rotatable bonds is 7. The van der Waals surface area contributed by atoms with Crippen molar-refractivity contribution < 1.29 is 18.4 Å². The van der Waals surface area contributed by atoms with Crippen molar-refractivity contribution in [2.24, 2.45) is 5.73 Å². The number of amides is 1. The zero-order chi connectivity index (χ0) is 24.5. The summed E-state index contributed by atoms with van der Waals surface area (Å²) >= 11 is 0. The molecule has 0 aliphatic carbocycles. The first-order chi connectivity index (χ1) is 15.7. The average Bonchev–Trinajstić information content (AvgIpc) is 2.78. The minimum absolute atomic E-state index is 0.0293. The molecule has 33 heavy (non-hydrogen) atoms. The molecule has 2 heterocycles. The van der Waals surface area contributed by atoms with Gasteiger partial charge in [0.15, 0.2) is 5.78 Å². The highest BCUT2D eigenvalue weighted by molar-refractivity contribution is 6.01. The van der Waals surface area contributed by atoms with Gasteiger partial charge in [-0.15, -0.1) is 0 Å². The van der Waals surface area contributed by atoms with E-state index in [-0.39, 0.29) is 43.0 Å². The van der Waals surface area contributed by atoms with Crippen molar-refractivity contribution in [3.63, 3.8) is 0 Å². The molecule has 1 aromatic carbocycles. The van der Waals surface area contributed by atoms with Gasteiger partial charge in [0, 0.05) is 12.1 Å². The zero-order valence-corrected chi connectivity index (χ0v) is 18.5. The van der Waals surface area contributed by atoms with Crippen LogP contribution in [0.3, 0.4) is 0 Å². The topological polar surface area (TPSA) is 133 Å². The number of carbonyl (C=O) groups excluding carboxylic acids is 2. The van der Waals surface area contributed by atoms with E-state index >= 15 is 0 Å². The highest BCUT2D eigenvalue weighted by atomic mass is 19.3. The molecular formula is C22H29F2N5O4. The maximum absolute atomic E-state index is 12.9. The lowest BCUT2D eigenvalue weighted by atomic mass is 10.1. The average molecular weight is 466 g/mol. The molecule has 0 bridgehead atoms. The molecule has 3 rings (SSSR count). The van der Waals surface area contributed by atoms with E-state index < -0.39 is 23.5 Å². The third-order valence-corrected chi connectivity index (χ3v) is 5.45. The molecule has 180 valence electrons. The normalized spacial score (nSPS) is 13.9. The molecule has 0 spiro atoms. The van der Waals surface area contributed by atoms with Gasteiger partial charge in [-0.3, -0.25) is 28.4 Å². The summed E-state index contributed by atoms with van der Waals surface area (Å²) in [5.41, 5.74) is 9.22. The fourth-order valence-corrected chi connectivity index (χ4v) is 3.76. The number of ketones is 1. The summed E-state index contributed by atoms with van der Waals surface area (Å²) < 4.78 is 27.7. The fourth-order valence-electron chi connectivity index (χ4n) is 3.76. The Hall–Kier alpha value is -3.34. The smallest absolute Gasteiger partial charge is 0.332 e. The number of hydrogen-bond acceptors (Lipinski definition) is 6. The highest BCUT2D eigenvalue weighted by Gasteiger charge is 2.24. The van der Waals surface area contributed by atoms with Gasteiger partial charge in [-0.1, -0.05) is 30.7 Å². The second kappa shape index (κ2) is 12.0. The third-order valence-electron chi connectivity index (χ3n) is 5.45. The van der Waals surface area contributed by atoms with Gasteiger partial charge in [-0.2, -0.15) is 0 Å². The standard InChI is InChI=1S/C21H26F2N4O3.CH3NO/c1-2-26-20(29)17(16(28)13-25-10-4-3-5-11-25)19(24)27(21(26)30)12-14-6-8-15(9-7-14)18(22)23;2-1-3/h6-9,18H,2-5,10-13,24H2,1H3;1H,(H2,2,3). The van der Waals surface area contributed by atoms with Gasteiger partial charge in [-0.05, 0) is 38.4 Å². The predicted molar refractivity (Wildman–Crippen MR) is 120 cm³/mol. The Kier molecular flexibility index (Phi) is 9.46. The minimum Gasteiger partial charge on any atom is -0.384 e. The first-order valence-electron chi connectivity index (χ1n) is 10.7. The Labute approximate surface area is 189 Å². The van der Waals surface area contributed by atoms with E-state index in [4.69, 9.17) is 10.5 Å². The van der Waals surface area contributed by atoms with E-state index in [1.807, 2.05) is 4.90 Å². The molecule has 1 aliphatic heterocycles. The zero-order valence-electron chi connectivity index (χ0n) is 18.5. The van der Waals surface area contributed by atoms with Gasteiger partial charge in [0.1, 0.15) is 11.4 Å². The molecule has 2 aromatic rings. The van der Waals surface area contributed by atoms with Crippen molar-refractivity contribution >= 4 is 18.0 Å². The van der Waals surface area contributed by atoms with Crippen LogP contribution in [0.2, 0.25) is 0 Å². The lowest BCUT2D eigenvalue weighted by Gasteiger charge is -2.26. The van der Waals surface area contributed by atoms with Gasteiger partial charge in [0.25, 0.3) is 12.0 Å². The Morgan fingerprint density at radius 2 is 1.67 bits per heavy atom. The first-order valence-corrected chi connectivity index (χ1v) is 10.7. The lowest BCUT2D eigenvalue weighted by molar-refractivity contribution is -0.106. The number of carbonyl (C=O) groups is 2. The third kappa shape index (κ3) is 6.35. The monoisotopic (exact) mass is 465 g/mol. The lowest BCUT2D eigenvalue weighted by Crippen LogP contribution is -2.45. The van der Waals surface area contributed by atoms with Crippen molar-refractivity contribution in [1.29, 1.82) is 0 Å². The maximum Gasteiger partial charge on any atom is 0.332 e. The molecule has 0 atom stereocenters. The summed E-state index contributed by atoms with van der Waals surface area (Å²) in [6.45, 7) is 3.34. The Morgan fingerprint density at radius 1 is 1.09 bits per heavy atom. The maximum atomic E-state index is 12.9. The Morgan fingerprint density at radius 3 is 2.18 bits per heavy atom. The van der Waals surface area contributed by atoms with Crippen molar-refractivity contribution in [1.82, 2.24) is 14.0 Å². The second-order valence-electron chi connectivity index (χ2n) is 7.62. The molecule has 0 saturated carbocycles. The second-order valence-corrected chi connectivity index (χ2v) is 7.62. The van der Waals surface area contributed by atoms with Crippen LogP contribution in [0.15, 0.2) is 33.9 Å². The van der Waals surface area contributed by atoms with E-state index in [2.05, 4.69) is 5.73 Å². The Balaban J connectivity index is 0.00000122. The van der Waals surface area contributed by atoms with Crippen LogP contribution in [0.1, 0.15) is 54.1 Å². The Bertz CT molecular complexity index is 1070. The summed E-state index contributed by atoms with van der Waals surface area (Å²) in [6, 6.07) is 5.51. The molecule has 1 saturated heterocycles. The highest BCUT2D eigenvalue weighted by Crippen LogP contribution is 2.19. The number of nitrogen functional groups attached to an aromatic ring is 1. The quantitative estimate of drug-likeness (QED) is 0.469. The van der Waals surface area contributed by atoms with Crippen LogP contribution >= 0.6 is 0 Å². The van der Waals surface area contributed by atoms with Crippen LogP contribution in [-0.4, -0.2) is 45.9 Å². The number of alkyl halides is 2. The molecule has 4 N–H and O–H groups in total. The number of halogens is 2. The van der Waals surface area contributed by atoms with Crippen molar-refractivity contribution in [3.8, 4) is 0 Å². The molecular weight excluding hydrogens is 436 g/mol. The number of likely N-dealkylation sites (tertiary alicyclic amines) is 1. The molecule has 9 nitrogen and oxygen atoms in total. The van der Waals surface area contributed by atoms with Crippen LogP contribution < -0.4 is 22.7 Å². The molecule has 1 amide bonds. The number of nitrogens with two attached hydrogens (primary N) is 2. The molecule has 1 aliphatic rings. The summed E-state index contributed by atoms with van der Waals surface area (Å²) in [4.78, 5) is 49.1. The van der Waals surface area contributed by atoms with E-state index in [1.165, 1.54) is 24.3 Å². The minimum atomic E-state index is -2.59. The number of hydrogen-bond donors (Lipinski definition) is 2. The van der Waals surface area contributed by atoms with Crippen molar-refractivity contribution in [3.05, 3.63) is 61.8 Å². The van der Waals surface area contributed by atoms with E-state index in [9.17, 15) is 23.2 Å². The largest absolute Gasteiger partial charge is 0.384 e. The van der Waals surface area contributed by atoms with Crippen LogP contribution in [0, 0.1) is 0 Å². The van der Waals surface area contributed by atoms with Crippen LogP contribution in [0.5, 0.6) is 0 Å². The number of piperidine rings is 1. The van der Waals surface area contributed by atoms with Gasteiger partial charge in [0.2, 0.25) is 6.41 Å². The summed E-state index contributed by atoms with van der Waals surface area (Å²) in [6.07, 6.45) is 0.768. The molecule has 11 heteroatoms. The number of nitrogens with zero attached hydrogens (tertiary/aromatic N) is 3. The summed E-state index contributed by atoms with van der Waals surface area (Å²) in [5.74, 6) is -0.599. The molecule has 0 unspecified atom stereocenters. The number of primary amides is 1. The van der Waals surface area contributed by atoms with Crippen molar-refractivity contribution in [2.45, 2.75) is 45.7 Å². The predicted octanol–water partition coefficient (Wildman–Crippen LogP) is 1.37.